The zero-order valence-electron chi connectivity index (χ0n) is 12.5. The monoisotopic (exact) mass is 326 g/mol. The predicted octanol–water partition coefficient (Wildman–Crippen LogP) is 3.79. The van der Waals surface area contributed by atoms with E-state index < -0.39 is 7.60 Å². The fourth-order valence-corrected chi connectivity index (χ4v) is 4.04. The van der Waals surface area contributed by atoms with E-state index >= 15 is 0 Å². The van der Waals surface area contributed by atoms with Crippen molar-refractivity contribution in [3.63, 3.8) is 0 Å². The quantitative estimate of drug-likeness (QED) is 0.444. The maximum absolute atomic E-state index is 11.9. The molecule has 0 aliphatic rings. The summed E-state index contributed by atoms with van der Waals surface area (Å²) in [5.41, 5.74) is 0. The lowest BCUT2D eigenvalue weighted by Crippen LogP contribution is -2.11. The van der Waals surface area contributed by atoms with Crippen LogP contribution in [0.2, 0.25) is 0 Å². The van der Waals surface area contributed by atoms with Crippen molar-refractivity contribution in [1.82, 2.24) is 0 Å². The molecule has 0 fully saturated rings. The van der Waals surface area contributed by atoms with Crippen LogP contribution in [0.15, 0.2) is 48.5 Å². The van der Waals surface area contributed by atoms with Crippen molar-refractivity contribution in [2.75, 3.05) is 6.61 Å². The van der Waals surface area contributed by atoms with Crippen molar-refractivity contribution in [3.8, 4) is 5.75 Å². The molecule has 0 amide bonds. The van der Waals surface area contributed by atoms with Gasteiger partial charge >= 0.3 is 7.60 Å². The van der Waals surface area contributed by atoms with E-state index in [1.54, 1.807) is 13.0 Å². The summed E-state index contributed by atoms with van der Waals surface area (Å²) in [6.07, 6.45) is 0. The minimum absolute atomic E-state index is 0.0507. The zero-order chi connectivity index (χ0) is 16.2. The van der Waals surface area contributed by atoms with Crippen molar-refractivity contribution in [1.29, 1.82) is 0 Å². The zero-order valence-corrected chi connectivity index (χ0v) is 13.4. The highest BCUT2D eigenvalue weighted by atomic mass is 31.2. The van der Waals surface area contributed by atoms with Gasteiger partial charge in [0, 0.05) is 10.8 Å². The molecule has 0 aromatic heterocycles. The Morgan fingerprint density at radius 2 is 1.61 bits per heavy atom. The van der Waals surface area contributed by atoms with Crippen LogP contribution < -0.4 is 10.0 Å². The Hall–Kier alpha value is -2.13. The second-order valence-electron chi connectivity index (χ2n) is 5.56. The van der Waals surface area contributed by atoms with E-state index in [2.05, 4.69) is 0 Å². The maximum atomic E-state index is 11.9. The molecule has 0 unspecified atom stereocenters. The first-order valence-electron chi connectivity index (χ1n) is 7.40. The molecule has 23 heavy (non-hydrogen) atoms. The van der Waals surface area contributed by atoms with E-state index in [1.807, 2.05) is 42.5 Å². The molecule has 0 saturated heterocycles. The molecule has 4 aromatic carbocycles. The second-order valence-corrected chi connectivity index (χ2v) is 7.13. The Bertz CT molecular complexity index is 1060. The fourth-order valence-electron chi connectivity index (χ4n) is 3.28. The van der Waals surface area contributed by atoms with Gasteiger partial charge in [0.2, 0.25) is 0 Å². The fraction of sp³-hybridized carbons (Fsp3) is 0.111. The van der Waals surface area contributed by atoms with Crippen molar-refractivity contribution in [2.45, 2.75) is 6.92 Å². The molecule has 116 valence electrons. The topological polar surface area (TPSA) is 66.8 Å². The van der Waals surface area contributed by atoms with Crippen molar-refractivity contribution < 1.29 is 19.1 Å². The highest BCUT2D eigenvalue weighted by Gasteiger charge is 2.26. The van der Waals surface area contributed by atoms with E-state index in [1.165, 1.54) is 0 Å². The molecular weight excluding hydrogens is 311 g/mol. The third-order valence-electron chi connectivity index (χ3n) is 4.18. The second kappa shape index (κ2) is 4.93. The molecule has 0 saturated carbocycles. The number of ether oxygens (including phenoxy) is 1. The van der Waals surface area contributed by atoms with E-state index in [4.69, 9.17) is 4.74 Å². The van der Waals surface area contributed by atoms with Gasteiger partial charge in [0.25, 0.3) is 0 Å². The summed E-state index contributed by atoms with van der Waals surface area (Å²) in [5, 5.41) is 5.80. The van der Waals surface area contributed by atoms with Crippen molar-refractivity contribution in [3.05, 3.63) is 48.5 Å². The Morgan fingerprint density at radius 1 is 0.957 bits per heavy atom. The van der Waals surface area contributed by atoms with Crippen LogP contribution in [0, 0.1) is 0 Å². The van der Waals surface area contributed by atoms with Gasteiger partial charge in [-0.15, -0.1) is 0 Å². The van der Waals surface area contributed by atoms with Gasteiger partial charge in [-0.2, -0.15) is 0 Å². The molecule has 0 aliphatic carbocycles. The van der Waals surface area contributed by atoms with Gasteiger partial charge in [0.1, 0.15) is 11.1 Å². The van der Waals surface area contributed by atoms with Gasteiger partial charge in [-0.3, -0.25) is 4.57 Å². The minimum atomic E-state index is -4.43. The maximum Gasteiger partial charge on any atom is 0.360 e. The molecular formula is C18H15O4P. The molecule has 0 heterocycles. The van der Waals surface area contributed by atoms with E-state index in [-0.39, 0.29) is 11.1 Å². The predicted molar refractivity (Wildman–Crippen MR) is 93.0 cm³/mol. The van der Waals surface area contributed by atoms with E-state index in [9.17, 15) is 14.4 Å². The van der Waals surface area contributed by atoms with E-state index in [0.29, 0.717) is 6.61 Å². The Kier molecular flexibility index (Phi) is 3.10. The van der Waals surface area contributed by atoms with Crippen LogP contribution in [0.3, 0.4) is 0 Å². The summed E-state index contributed by atoms with van der Waals surface area (Å²) in [7, 11) is -4.43. The van der Waals surface area contributed by atoms with Gasteiger partial charge in [-0.25, -0.2) is 0 Å². The summed E-state index contributed by atoms with van der Waals surface area (Å²) < 4.78 is 17.5. The lowest BCUT2D eigenvalue weighted by atomic mass is 9.94. The third kappa shape index (κ3) is 2.11. The molecule has 5 heteroatoms. The molecule has 0 radical (unpaired) electrons. The van der Waals surface area contributed by atoms with Gasteiger partial charge < -0.3 is 14.5 Å². The SMILES string of the molecule is CCOc1c(P(=O)(O)O)cc2ccc3cccc4ccc1c2c34. The van der Waals surface area contributed by atoms with E-state index in [0.717, 1.165) is 32.3 Å². The average molecular weight is 326 g/mol. The van der Waals surface area contributed by atoms with Crippen molar-refractivity contribution >= 4 is 45.2 Å². The highest BCUT2D eigenvalue weighted by molar-refractivity contribution is 7.60. The molecule has 0 atom stereocenters. The van der Waals surface area contributed by atoms with Crippen LogP contribution in [0.25, 0.3) is 32.3 Å². The number of hydrogen-bond acceptors (Lipinski definition) is 2. The third-order valence-corrected chi connectivity index (χ3v) is 5.14. The number of rotatable bonds is 3. The van der Waals surface area contributed by atoms with Crippen LogP contribution in [0.1, 0.15) is 6.92 Å². The molecule has 0 bridgehead atoms. The Labute approximate surface area is 132 Å². The van der Waals surface area contributed by atoms with Gasteiger partial charge in [-0.1, -0.05) is 36.4 Å². The normalized spacial score (nSPS) is 12.5. The summed E-state index contributed by atoms with van der Waals surface area (Å²) in [6, 6.07) is 15.4. The molecule has 0 aliphatic heterocycles. The summed E-state index contributed by atoms with van der Waals surface area (Å²) in [6.45, 7) is 2.15. The Morgan fingerprint density at radius 3 is 2.26 bits per heavy atom. The first kappa shape index (κ1) is 14.5. The first-order chi connectivity index (χ1) is 11.0. The van der Waals surface area contributed by atoms with Crippen LogP contribution in [0.4, 0.5) is 0 Å². The van der Waals surface area contributed by atoms with Crippen molar-refractivity contribution in [2.24, 2.45) is 0 Å². The standard InChI is InChI=1S/C18H15O4P/c1-2-22-18-14-9-8-12-5-3-4-11-6-7-13(17(14)16(11)12)10-15(18)23(19,20)21/h3-10H,2H2,1H3,(H2,19,20,21). The molecule has 4 rings (SSSR count). The summed E-state index contributed by atoms with van der Waals surface area (Å²) in [4.78, 5) is 19.4. The van der Waals surface area contributed by atoms with Gasteiger partial charge in [0.05, 0.1) is 6.61 Å². The smallest absolute Gasteiger partial charge is 0.360 e. The molecule has 0 spiro atoms. The van der Waals surface area contributed by atoms with Crippen LogP contribution >= 0.6 is 7.60 Å². The average Bonchev–Trinajstić information content (AvgIpc) is 2.53. The molecule has 4 nitrogen and oxygen atoms in total. The molecule has 4 aromatic rings. The van der Waals surface area contributed by atoms with Crippen LogP contribution in [-0.4, -0.2) is 16.4 Å². The van der Waals surface area contributed by atoms with Crippen LogP contribution in [0.5, 0.6) is 5.75 Å². The summed E-state index contributed by atoms with van der Waals surface area (Å²) in [5.74, 6) is 0.284. The largest absolute Gasteiger partial charge is 0.492 e. The van der Waals surface area contributed by atoms with Crippen LogP contribution in [-0.2, 0) is 4.57 Å². The lowest BCUT2D eigenvalue weighted by molar-refractivity contribution is 0.342. The lowest BCUT2D eigenvalue weighted by Gasteiger charge is -2.18. The van der Waals surface area contributed by atoms with Gasteiger partial charge in [0.15, 0.2) is 0 Å². The molecule has 2 N–H and O–H groups in total. The number of hydrogen-bond donors (Lipinski definition) is 2. The minimum Gasteiger partial charge on any atom is -0.492 e. The number of benzene rings is 4. The van der Waals surface area contributed by atoms with Gasteiger partial charge in [-0.05, 0) is 40.6 Å². The first-order valence-corrected chi connectivity index (χ1v) is 9.01. The highest BCUT2D eigenvalue weighted by Crippen LogP contribution is 2.44. The summed E-state index contributed by atoms with van der Waals surface area (Å²) >= 11 is 0. The Balaban J connectivity index is 2.27.